The van der Waals surface area contributed by atoms with Gasteiger partial charge in [0.15, 0.2) is 0 Å². The maximum atomic E-state index is 5.69. The van der Waals surface area contributed by atoms with Gasteiger partial charge in [-0.3, -0.25) is 4.90 Å². The van der Waals surface area contributed by atoms with E-state index in [1.54, 1.807) is 0 Å². The van der Waals surface area contributed by atoms with Crippen molar-refractivity contribution < 1.29 is 4.74 Å². The minimum atomic E-state index is -0.0436. The summed E-state index contributed by atoms with van der Waals surface area (Å²) in [7, 11) is 0. The van der Waals surface area contributed by atoms with Gasteiger partial charge in [-0.05, 0) is 13.8 Å². The molecule has 0 amide bonds. The van der Waals surface area contributed by atoms with Crippen molar-refractivity contribution in [2.24, 2.45) is 5.73 Å². The lowest BCUT2D eigenvalue weighted by molar-refractivity contribution is -0.0885. The molecule has 1 aromatic rings. The summed E-state index contributed by atoms with van der Waals surface area (Å²) in [6.07, 6.45) is 3.93. The van der Waals surface area contributed by atoms with E-state index in [2.05, 4.69) is 29.9 Å². The first-order chi connectivity index (χ1) is 8.09. The van der Waals surface area contributed by atoms with E-state index in [1.807, 2.05) is 10.9 Å². The van der Waals surface area contributed by atoms with Crippen LogP contribution in [-0.4, -0.2) is 46.3 Å². The first-order valence-corrected chi connectivity index (χ1v) is 6.16. The maximum absolute atomic E-state index is 5.69. The summed E-state index contributed by atoms with van der Waals surface area (Å²) < 4.78 is 7.74. The zero-order valence-electron chi connectivity index (χ0n) is 10.7. The number of nitrogens with zero attached hydrogens (tertiary/aromatic N) is 3. The standard InChI is InChI=1S/C12H22N4O/c1-12(2)9-15(5-6-17-12)7-11-8-16(4-3-13)10-14-11/h8,10H,3-7,9,13H2,1-2H3. The second kappa shape index (κ2) is 5.16. The Kier molecular flexibility index (Phi) is 3.81. The van der Waals surface area contributed by atoms with Crippen molar-refractivity contribution in [3.05, 3.63) is 18.2 Å². The molecule has 0 saturated carbocycles. The van der Waals surface area contributed by atoms with Crippen molar-refractivity contribution in [1.29, 1.82) is 0 Å². The number of morpholine rings is 1. The molecule has 1 aliphatic rings. The zero-order chi connectivity index (χ0) is 12.3. The van der Waals surface area contributed by atoms with Gasteiger partial charge in [0.05, 0.1) is 24.2 Å². The predicted molar refractivity (Wildman–Crippen MR) is 66.6 cm³/mol. The average molecular weight is 238 g/mol. The molecule has 0 radical (unpaired) electrons. The van der Waals surface area contributed by atoms with Crippen LogP contribution in [0.5, 0.6) is 0 Å². The molecule has 5 heteroatoms. The fourth-order valence-electron chi connectivity index (χ4n) is 2.24. The lowest BCUT2D eigenvalue weighted by Crippen LogP contribution is -2.47. The van der Waals surface area contributed by atoms with E-state index in [-0.39, 0.29) is 5.60 Å². The molecule has 17 heavy (non-hydrogen) atoms. The third kappa shape index (κ3) is 3.52. The summed E-state index contributed by atoms with van der Waals surface area (Å²) in [5.74, 6) is 0. The van der Waals surface area contributed by atoms with Gasteiger partial charge < -0.3 is 15.0 Å². The van der Waals surface area contributed by atoms with Crippen LogP contribution in [0.3, 0.4) is 0 Å². The quantitative estimate of drug-likeness (QED) is 0.827. The van der Waals surface area contributed by atoms with Crippen molar-refractivity contribution in [2.75, 3.05) is 26.2 Å². The first kappa shape index (κ1) is 12.5. The second-order valence-electron chi connectivity index (χ2n) is 5.21. The summed E-state index contributed by atoms with van der Waals surface area (Å²) in [6.45, 7) is 9.38. The number of imidazole rings is 1. The molecule has 0 aromatic carbocycles. The topological polar surface area (TPSA) is 56.3 Å². The Morgan fingerprint density at radius 3 is 3.06 bits per heavy atom. The molecule has 1 aromatic heterocycles. The lowest BCUT2D eigenvalue weighted by atomic mass is 10.1. The van der Waals surface area contributed by atoms with Crippen molar-refractivity contribution in [3.8, 4) is 0 Å². The third-order valence-corrected chi connectivity index (χ3v) is 2.96. The largest absolute Gasteiger partial charge is 0.373 e. The molecule has 5 nitrogen and oxygen atoms in total. The third-order valence-electron chi connectivity index (χ3n) is 2.96. The van der Waals surface area contributed by atoms with E-state index in [4.69, 9.17) is 10.5 Å². The zero-order valence-corrected chi connectivity index (χ0v) is 10.7. The summed E-state index contributed by atoms with van der Waals surface area (Å²) >= 11 is 0. The highest BCUT2D eigenvalue weighted by molar-refractivity contribution is 4.97. The first-order valence-electron chi connectivity index (χ1n) is 6.16. The molecule has 96 valence electrons. The van der Waals surface area contributed by atoms with Gasteiger partial charge in [-0.1, -0.05) is 0 Å². The molecule has 0 unspecified atom stereocenters. The Balaban J connectivity index is 1.91. The Morgan fingerprint density at radius 1 is 1.53 bits per heavy atom. The van der Waals surface area contributed by atoms with E-state index < -0.39 is 0 Å². The van der Waals surface area contributed by atoms with E-state index in [9.17, 15) is 0 Å². The van der Waals surface area contributed by atoms with Gasteiger partial charge in [-0.15, -0.1) is 0 Å². The van der Waals surface area contributed by atoms with Gasteiger partial charge in [-0.25, -0.2) is 4.98 Å². The van der Waals surface area contributed by atoms with E-state index in [0.717, 1.165) is 38.5 Å². The number of nitrogens with two attached hydrogens (primary N) is 1. The number of aromatic nitrogens is 2. The van der Waals surface area contributed by atoms with Crippen LogP contribution >= 0.6 is 0 Å². The van der Waals surface area contributed by atoms with Gasteiger partial charge in [0, 0.05) is 38.9 Å². The molecule has 0 bridgehead atoms. The van der Waals surface area contributed by atoms with Crippen LogP contribution in [0, 0.1) is 0 Å². The van der Waals surface area contributed by atoms with Crippen molar-refractivity contribution in [1.82, 2.24) is 14.5 Å². The smallest absolute Gasteiger partial charge is 0.0950 e. The Bertz CT molecular complexity index is 361. The van der Waals surface area contributed by atoms with Gasteiger partial charge in [-0.2, -0.15) is 0 Å². The molecule has 2 N–H and O–H groups in total. The minimum absolute atomic E-state index is 0.0436. The SMILES string of the molecule is CC1(C)CN(Cc2cn(CCN)cn2)CCO1. The van der Waals surface area contributed by atoms with Crippen LogP contribution in [0.2, 0.25) is 0 Å². The predicted octanol–water partition coefficient (Wildman–Crippen LogP) is 0.453. The number of rotatable bonds is 4. The van der Waals surface area contributed by atoms with Crippen molar-refractivity contribution in [3.63, 3.8) is 0 Å². The minimum Gasteiger partial charge on any atom is -0.373 e. The number of hydrogen-bond acceptors (Lipinski definition) is 4. The molecule has 0 atom stereocenters. The van der Waals surface area contributed by atoms with E-state index >= 15 is 0 Å². The molecule has 2 rings (SSSR count). The van der Waals surface area contributed by atoms with Crippen LogP contribution < -0.4 is 5.73 Å². The Morgan fingerprint density at radius 2 is 2.35 bits per heavy atom. The van der Waals surface area contributed by atoms with Crippen LogP contribution in [0.25, 0.3) is 0 Å². The van der Waals surface area contributed by atoms with Gasteiger partial charge in [0.25, 0.3) is 0 Å². The highest BCUT2D eigenvalue weighted by Crippen LogP contribution is 2.17. The van der Waals surface area contributed by atoms with Crippen molar-refractivity contribution in [2.45, 2.75) is 32.5 Å². The van der Waals surface area contributed by atoms with Crippen LogP contribution in [-0.2, 0) is 17.8 Å². The monoisotopic (exact) mass is 238 g/mol. The molecular weight excluding hydrogens is 216 g/mol. The summed E-state index contributed by atoms with van der Waals surface area (Å²) in [5.41, 5.74) is 6.58. The Hall–Kier alpha value is -0.910. The number of ether oxygens (including phenoxy) is 1. The molecule has 1 saturated heterocycles. The average Bonchev–Trinajstić information content (AvgIpc) is 2.64. The van der Waals surface area contributed by atoms with Gasteiger partial charge in [0.1, 0.15) is 0 Å². The summed E-state index contributed by atoms with van der Waals surface area (Å²) in [6, 6.07) is 0. The normalized spacial score (nSPS) is 20.6. The molecule has 2 heterocycles. The molecule has 0 aliphatic carbocycles. The fourth-order valence-corrected chi connectivity index (χ4v) is 2.24. The van der Waals surface area contributed by atoms with Crippen LogP contribution in [0.1, 0.15) is 19.5 Å². The van der Waals surface area contributed by atoms with Crippen LogP contribution in [0.15, 0.2) is 12.5 Å². The van der Waals surface area contributed by atoms with Gasteiger partial charge >= 0.3 is 0 Å². The summed E-state index contributed by atoms with van der Waals surface area (Å²) in [4.78, 5) is 6.79. The molecular formula is C12H22N4O. The number of hydrogen-bond donors (Lipinski definition) is 1. The maximum Gasteiger partial charge on any atom is 0.0950 e. The molecule has 0 spiro atoms. The molecule has 1 aliphatic heterocycles. The van der Waals surface area contributed by atoms with Crippen LogP contribution in [0.4, 0.5) is 0 Å². The van der Waals surface area contributed by atoms with E-state index in [1.165, 1.54) is 0 Å². The van der Waals surface area contributed by atoms with E-state index in [0.29, 0.717) is 6.54 Å². The highest BCUT2D eigenvalue weighted by atomic mass is 16.5. The van der Waals surface area contributed by atoms with Crippen molar-refractivity contribution >= 4 is 0 Å². The second-order valence-corrected chi connectivity index (χ2v) is 5.21. The molecule has 1 fully saturated rings. The highest BCUT2D eigenvalue weighted by Gasteiger charge is 2.27. The lowest BCUT2D eigenvalue weighted by Gasteiger charge is -2.37. The Labute approximate surface area is 103 Å². The summed E-state index contributed by atoms with van der Waals surface area (Å²) in [5, 5.41) is 0. The fraction of sp³-hybridized carbons (Fsp3) is 0.750. The van der Waals surface area contributed by atoms with Gasteiger partial charge in [0.2, 0.25) is 0 Å².